The maximum absolute atomic E-state index is 11.5. The molecule has 0 aliphatic rings. The van der Waals surface area contributed by atoms with Crippen LogP contribution in [0.2, 0.25) is 0 Å². The maximum atomic E-state index is 11.5. The molecule has 0 bridgehead atoms. The Morgan fingerprint density at radius 3 is 2.80 bits per heavy atom. The van der Waals surface area contributed by atoms with Gasteiger partial charge >= 0.3 is 0 Å². The van der Waals surface area contributed by atoms with Crippen LogP contribution in [0.15, 0.2) is 18.5 Å². The predicted octanol–water partition coefficient (Wildman–Crippen LogP) is 1.47. The molecule has 1 atom stereocenters. The summed E-state index contributed by atoms with van der Waals surface area (Å²) in [6.07, 6.45) is 2.91. The van der Waals surface area contributed by atoms with Gasteiger partial charge in [0, 0.05) is 6.54 Å². The molecule has 0 aliphatic heterocycles. The fourth-order valence-corrected chi connectivity index (χ4v) is 1.03. The lowest BCUT2D eigenvalue weighted by Gasteiger charge is -2.13. The third kappa shape index (κ3) is 3.83. The highest BCUT2D eigenvalue weighted by Gasteiger charge is 2.11. The van der Waals surface area contributed by atoms with Crippen LogP contribution in [0.25, 0.3) is 0 Å². The second-order valence-electron chi connectivity index (χ2n) is 3.60. The van der Waals surface area contributed by atoms with Gasteiger partial charge in [-0.1, -0.05) is 13.8 Å². The molecule has 1 aromatic rings. The highest BCUT2D eigenvalue weighted by atomic mass is 35.5. The Hall–Kier alpha value is -1.16. The molecule has 5 heteroatoms. The van der Waals surface area contributed by atoms with Crippen molar-refractivity contribution in [2.75, 3.05) is 6.54 Å². The van der Waals surface area contributed by atoms with Crippen LogP contribution in [0.5, 0.6) is 0 Å². The minimum atomic E-state index is -0.170. The van der Waals surface area contributed by atoms with Crippen molar-refractivity contribution in [3.05, 3.63) is 24.0 Å². The third-order valence-electron chi connectivity index (χ3n) is 2.03. The van der Waals surface area contributed by atoms with Gasteiger partial charge in [-0.15, -0.1) is 11.6 Å². The normalized spacial score (nSPS) is 12.5. The number of halogens is 1. The van der Waals surface area contributed by atoms with Crippen LogP contribution in [0, 0.1) is 5.92 Å². The molecule has 0 radical (unpaired) electrons. The number of carbonyl (C=O) groups excluding carboxylic acids is 1. The van der Waals surface area contributed by atoms with Gasteiger partial charge < -0.3 is 5.32 Å². The van der Waals surface area contributed by atoms with Crippen molar-refractivity contribution >= 4 is 17.5 Å². The molecule has 0 saturated carbocycles. The summed E-state index contributed by atoms with van der Waals surface area (Å²) >= 11 is 6.00. The Labute approximate surface area is 94.0 Å². The molecule has 82 valence electrons. The summed E-state index contributed by atoms with van der Waals surface area (Å²) in [5.41, 5.74) is 0.498. The first-order valence-electron chi connectivity index (χ1n) is 4.80. The Kier molecular flexibility index (Phi) is 4.49. The largest absolute Gasteiger partial charge is 0.350 e. The van der Waals surface area contributed by atoms with Gasteiger partial charge in [0.05, 0.1) is 23.3 Å². The van der Waals surface area contributed by atoms with Gasteiger partial charge in [-0.25, -0.2) is 0 Å². The zero-order valence-electron chi connectivity index (χ0n) is 8.77. The van der Waals surface area contributed by atoms with Gasteiger partial charge in [0.15, 0.2) is 0 Å². The second-order valence-corrected chi connectivity index (χ2v) is 4.16. The molecule has 1 heterocycles. The average molecular weight is 228 g/mol. The number of carbonyl (C=O) groups is 1. The number of alkyl halides is 1. The second kappa shape index (κ2) is 5.66. The predicted molar refractivity (Wildman–Crippen MR) is 58.8 cm³/mol. The first kappa shape index (κ1) is 11.9. The van der Waals surface area contributed by atoms with Crippen LogP contribution in [0.3, 0.4) is 0 Å². The minimum absolute atomic E-state index is 0.0521. The highest BCUT2D eigenvalue weighted by Crippen LogP contribution is 2.07. The molecule has 1 N–H and O–H groups in total. The quantitative estimate of drug-likeness (QED) is 0.793. The van der Waals surface area contributed by atoms with E-state index in [9.17, 15) is 4.79 Å². The molecular weight excluding hydrogens is 214 g/mol. The lowest BCUT2D eigenvalue weighted by Crippen LogP contribution is -2.32. The average Bonchev–Trinajstić information content (AvgIpc) is 2.26. The molecule has 0 spiro atoms. The highest BCUT2D eigenvalue weighted by molar-refractivity contribution is 6.21. The molecule has 0 aliphatic carbocycles. The van der Waals surface area contributed by atoms with Crippen molar-refractivity contribution in [3.63, 3.8) is 0 Å². The molecule has 15 heavy (non-hydrogen) atoms. The molecule has 1 rings (SSSR count). The third-order valence-corrected chi connectivity index (χ3v) is 2.69. The van der Waals surface area contributed by atoms with Crippen molar-refractivity contribution in [2.24, 2.45) is 5.92 Å². The number of hydrogen-bond acceptors (Lipinski definition) is 3. The van der Waals surface area contributed by atoms with E-state index in [0.717, 1.165) is 0 Å². The number of nitrogens with one attached hydrogen (secondary N) is 1. The Morgan fingerprint density at radius 2 is 2.27 bits per heavy atom. The van der Waals surface area contributed by atoms with Gasteiger partial charge in [0.25, 0.3) is 5.91 Å². The number of hydrogen-bond donors (Lipinski definition) is 1. The van der Waals surface area contributed by atoms with Gasteiger partial charge in [-0.3, -0.25) is 4.79 Å². The summed E-state index contributed by atoms with van der Waals surface area (Å²) in [5.74, 6) is 0.165. The van der Waals surface area contributed by atoms with E-state index >= 15 is 0 Å². The van der Waals surface area contributed by atoms with Crippen molar-refractivity contribution in [1.29, 1.82) is 0 Å². The van der Waals surface area contributed by atoms with E-state index in [1.807, 2.05) is 13.8 Å². The van der Waals surface area contributed by atoms with Gasteiger partial charge in [-0.05, 0) is 12.0 Å². The fourth-order valence-electron chi connectivity index (χ4n) is 0.953. The summed E-state index contributed by atoms with van der Waals surface area (Å²) in [5, 5.41) is 9.91. The summed E-state index contributed by atoms with van der Waals surface area (Å²) < 4.78 is 0. The van der Waals surface area contributed by atoms with Crippen LogP contribution in [0.4, 0.5) is 0 Å². The number of amides is 1. The number of rotatable bonds is 4. The van der Waals surface area contributed by atoms with E-state index in [4.69, 9.17) is 11.6 Å². The van der Waals surface area contributed by atoms with Crippen molar-refractivity contribution in [1.82, 2.24) is 15.5 Å². The van der Waals surface area contributed by atoms with E-state index in [0.29, 0.717) is 18.0 Å². The van der Waals surface area contributed by atoms with Gasteiger partial charge in [0.2, 0.25) is 0 Å². The fraction of sp³-hybridized carbons (Fsp3) is 0.500. The standard InChI is InChI=1S/C10H14ClN3O/c1-7(2)9(11)6-12-10(15)8-3-4-13-14-5-8/h3-5,7,9H,6H2,1-2H3,(H,12,15). The molecule has 0 aromatic carbocycles. The monoisotopic (exact) mass is 227 g/mol. The van der Waals surface area contributed by atoms with E-state index in [-0.39, 0.29) is 11.3 Å². The van der Waals surface area contributed by atoms with Crippen LogP contribution in [0.1, 0.15) is 24.2 Å². The first-order chi connectivity index (χ1) is 7.11. The summed E-state index contributed by atoms with van der Waals surface area (Å²) in [6, 6.07) is 1.61. The van der Waals surface area contributed by atoms with Gasteiger partial charge in [0.1, 0.15) is 0 Å². The lowest BCUT2D eigenvalue weighted by molar-refractivity contribution is 0.0952. The Morgan fingerprint density at radius 1 is 1.53 bits per heavy atom. The van der Waals surface area contributed by atoms with E-state index in [1.54, 1.807) is 6.07 Å². The zero-order chi connectivity index (χ0) is 11.3. The summed E-state index contributed by atoms with van der Waals surface area (Å²) in [6.45, 7) is 4.48. The number of aromatic nitrogens is 2. The topological polar surface area (TPSA) is 54.9 Å². The maximum Gasteiger partial charge on any atom is 0.253 e. The molecule has 0 fully saturated rings. The van der Waals surface area contributed by atoms with Gasteiger partial charge in [-0.2, -0.15) is 10.2 Å². The molecule has 1 unspecified atom stereocenters. The molecule has 4 nitrogen and oxygen atoms in total. The van der Waals surface area contributed by atoms with Crippen LogP contribution < -0.4 is 5.32 Å². The van der Waals surface area contributed by atoms with E-state index in [2.05, 4.69) is 15.5 Å². The van der Waals surface area contributed by atoms with Crippen LogP contribution in [-0.2, 0) is 0 Å². The zero-order valence-corrected chi connectivity index (χ0v) is 9.53. The number of nitrogens with zero attached hydrogens (tertiary/aromatic N) is 2. The van der Waals surface area contributed by atoms with Crippen molar-refractivity contribution < 1.29 is 4.79 Å². The molecule has 1 aromatic heterocycles. The van der Waals surface area contributed by atoms with E-state index in [1.165, 1.54) is 12.4 Å². The Balaban J connectivity index is 2.44. The van der Waals surface area contributed by atoms with Crippen molar-refractivity contribution in [3.8, 4) is 0 Å². The molecule has 1 amide bonds. The molecule has 0 saturated heterocycles. The lowest BCUT2D eigenvalue weighted by atomic mass is 10.1. The SMILES string of the molecule is CC(C)C(Cl)CNC(=O)c1ccnnc1. The summed E-state index contributed by atoms with van der Waals surface area (Å²) in [4.78, 5) is 11.5. The van der Waals surface area contributed by atoms with Crippen molar-refractivity contribution in [2.45, 2.75) is 19.2 Å². The van der Waals surface area contributed by atoms with Crippen LogP contribution in [-0.4, -0.2) is 28.0 Å². The first-order valence-corrected chi connectivity index (χ1v) is 5.24. The smallest absolute Gasteiger partial charge is 0.253 e. The van der Waals surface area contributed by atoms with E-state index < -0.39 is 0 Å². The Bertz CT molecular complexity index is 316. The minimum Gasteiger partial charge on any atom is -0.350 e. The summed E-state index contributed by atoms with van der Waals surface area (Å²) in [7, 11) is 0. The molecular formula is C10H14ClN3O. The van der Waals surface area contributed by atoms with Crippen LogP contribution >= 0.6 is 11.6 Å².